The summed E-state index contributed by atoms with van der Waals surface area (Å²) in [6, 6.07) is 17.6. The lowest BCUT2D eigenvalue weighted by atomic mass is 10.1. The van der Waals surface area contributed by atoms with Gasteiger partial charge in [0.2, 0.25) is 0 Å². The van der Waals surface area contributed by atoms with Gasteiger partial charge in [-0.3, -0.25) is 0 Å². The van der Waals surface area contributed by atoms with Crippen LogP contribution in [0.25, 0.3) is 16.8 Å². The zero-order valence-electron chi connectivity index (χ0n) is 14.4. The lowest BCUT2D eigenvalue weighted by Gasteiger charge is -2.09. The molecule has 3 N–H and O–H groups in total. The van der Waals surface area contributed by atoms with E-state index in [1.807, 2.05) is 65.3 Å². The van der Waals surface area contributed by atoms with Crippen LogP contribution in [-0.2, 0) is 6.54 Å². The number of anilines is 2. The molecule has 0 aliphatic carbocycles. The molecular weight excluding hydrogens is 326 g/mol. The Hall–Kier alpha value is -3.54. The number of aromatic nitrogens is 3. The first-order chi connectivity index (χ1) is 12.7. The van der Waals surface area contributed by atoms with Gasteiger partial charge in [-0.25, -0.2) is 4.98 Å². The fraction of sp³-hybridized carbons (Fsp3) is 0.100. The van der Waals surface area contributed by atoms with Crippen molar-refractivity contribution in [2.45, 2.75) is 6.54 Å². The molecule has 4 aromatic rings. The van der Waals surface area contributed by atoms with E-state index in [0.717, 1.165) is 39.6 Å². The van der Waals surface area contributed by atoms with Gasteiger partial charge in [0.1, 0.15) is 11.6 Å². The first kappa shape index (κ1) is 16.0. The van der Waals surface area contributed by atoms with E-state index in [9.17, 15) is 0 Å². The molecule has 0 spiro atoms. The smallest absolute Gasteiger partial charge is 0.165 e. The number of rotatable bonds is 5. The molecule has 6 nitrogen and oxygen atoms in total. The summed E-state index contributed by atoms with van der Waals surface area (Å²) in [5, 5.41) is 7.91. The standard InChI is InChI=1S/C20H19N5O/c1-26-17-8-2-14(3-9-17)12-23-19-10-11-22-20-18(13-24-25(19)20)15-4-6-16(21)7-5-15/h2-11,13,23H,12,21H2,1H3. The van der Waals surface area contributed by atoms with Crippen LogP contribution >= 0.6 is 0 Å². The zero-order valence-corrected chi connectivity index (χ0v) is 14.4. The topological polar surface area (TPSA) is 77.5 Å². The number of nitrogens with one attached hydrogen (secondary N) is 1. The summed E-state index contributed by atoms with van der Waals surface area (Å²) in [7, 11) is 1.66. The molecule has 0 aliphatic rings. The van der Waals surface area contributed by atoms with Crippen LogP contribution in [0.3, 0.4) is 0 Å². The Kier molecular flexibility index (Phi) is 4.15. The summed E-state index contributed by atoms with van der Waals surface area (Å²) >= 11 is 0. The first-order valence-electron chi connectivity index (χ1n) is 8.30. The van der Waals surface area contributed by atoms with Gasteiger partial charge in [0.15, 0.2) is 5.65 Å². The minimum absolute atomic E-state index is 0.681. The molecule has 2 heterocycles. The Morgan fingerprint density at radius 1 is 1.04 bits per heavy atom. The second kappa shape index (κ2) is 6.76. The van der Waals surface area contributed by atoms with Crippen molar-refractivity contribution in [3.63, 3.8) is 0 Å². The minimum Gasteiger partial charge on any atom is -0.497 e. The third-order valence-electron chi connectivity index (χ3n) is 4.26. The number of benzene rings is 2. The summed E-state index contributed by atoms with van der Waals surface area (Å²) in [5.74, 6) is 1.73. The average molecular weight is 345 g/mol. The third-order valence-corrected chi connectivity index (χ3v) is 4.26. The normalized spacial score (nSPS) is 10.8. The van der Waals surface area contributed by atoms with Gasteiger partial charge >= 0.3 is 0 Å². The van der Waals surface area contributed by atoms with Crippen molar-refractivity contribution < 1.29 is 4.74 Å². The summed E-state index contributed by atoms with van der Waals surface area (Å²) in [6.45, 7) is 0.681. The monoisotopic (exact) mass is 345 g/mol. The van der Waals surface area contributed by atoms with Crippen LogP contribution in [0.1, 0.15) is 5.56 Å². The number of nitrogen functional groups attached to an aromatic ring is 1. The Balaban J connectivity index is 1.61. The van der Waals surface area contributed by atoms with Gasteiger partial charge in [0, 0.05) is 24.0 Å². The van der Waals surface area contributed by atoms with Crippen LogP contribution in [0.15, 0.2) is 67.0 Å². The molecule has 6 heteroatoms. The number of nitrogens with zero attached hydrogens (tertiary/aromatic N) is 3. The van der Waals surface area contributed by atoms with Crippen LogP contribution in [-0.4, -0.2) is 21.7 Å². The third kappa shape index (κ3) is 3.04. The van der Waals surface area contributed by atoms with Crippen molar-refractivity contribution in [3.05, 3.63) is 72.6 Å². The van der Waals surface area contributed by atoms with Crippen LogP contribution in [0.2, 0.25) is 0 Å². The molecule has 0 amide bonds. The molecule has 4 rings (SSSR count). The van der Waals surface area contributed by atoms with Crippen molar-refractivity contribution in [2.75, 3.05) is 18.2 Å². The summed E-state index contributed by atoms with van der Waals surface area (Å²) in [5.41, 5.74) is 10.5. The van der Waals surface area contributed by atoms with Crippen LogP contribution in [0.5, 0.6) is 5.75 Å². The van der Waals surface area contributed by atoms with E-state index in [2.05, 4.69) is 15.4 Å². The lowest BCUT2D eigenvalue weighted by Crippen LogP contribution is -2.05. The molecule has 0 aliphatic heterocycles. The SMILES string of the molecule is COc1ccc(CNc2ccnc3c(-c4ccc(N)cc4)cnn23)cc1. The fourth-order valence-corrected chi connectivity index (χ4v) is 2.83. The number of methoxy groups -OCH3 is 1. The van der Waals surface area contributed by atoms with Gasteiger partial charge in [-0.2, -0.15) is 9.61 Å². The Morgan fingerprint density at radius 3 is 2.54 bits per heavy atom. The highest BCUT2D eigenvalue weighted by Crippen LogP contribution is 2.25. The van der Waals surface area contributed by atoms with Crippen molar-refractivity contribution in [2.24, 2.45) is 0 Å². The van der Waals surface area contributed by atoms with Gasteiger partial charge in [0.25, 0.3) is 0 Å². The Morgan fingerprint density at radius 2 is 1.81 bits per heavy atom. The summed E-state index contributed by atoms with van der Waals surface area (Å²) < 4.78 is 7.01. The quantitative estimate of drug-likeness (QED) is 0.540. The summed E-state index contributed by atoms with van der Waals surface area (Å²) in [6.07, 6.45) is 3.61. The number of hydrogen-bond donors (Lipinski definition) is 2. The van der Waals surface area contributed by atoms with Gasteiger partial charge < -0.3 is 15.8 Å². The molecular formula is C20H19N5O. The van der Waals surface area contributed by atoms with Crippen LogP contribution in [0, 0.1) is 0 Å². The van der Waals surface area contributed by atoms with Gasteiger partial charge in [-0.05, 0) is 41.5 Å². The fourth-order valence-electron chi connectivity index (χ4n) is 2.83. The van der Waals surface area contributed by atoms with Crippen LogP contribution < -0.4 is 15.8 Å². The van der Waals surface area contributed by atoms with E-state index < -0.39 is 0 Å². The maximum absolute atomic E-state index is 5.78. The molecule has 0 atom stereocenters. The highest BCUT2D eigenvalue weighted by atomic mass is 16.5. The van der Waals surface area contributed by atoms with E-state index in [0.29, 0.717) is 6.54 Å². The average Bonchev–Trinajstić information content (AvgIpc) is 3.12. The van der Waals surface area contributed by atoms with Gasteiger partial charge in [0.05, 0.1) is 13.3 Å². The van der Waals surface area contributed by atoms with Crippen molar-refractivity contribution in [1.29, 1.82) is 0 Å². The molecule has 0 fully saturated rings. The second-order valence-corrected chi connectivity index (χ2v) is 5.95. The van der Waals surface area contributed by atoms with Crippen molar-refractivity contribution in [3.8, 4) is 16.9 Å². The summed E-state index contributed by atoms with van der Waals surface area (Å²) in [4.78, 5) is 4.49. The van der Waals surface area contributed by atoms with E-state index in [-0.39, 0.29) is 0 Å². The number of nitrogens with two attached hydrogens (primary N) is 1. The lowest BCUT2D eigenvalue weighted by molar-refractivity contribution is 0.414. The van der Waals surface area contributed by atoms with E-state index in [1.165, 1.54) is 0 Å². The first-order valence-corrected chi connectivity index (χ1v) is 8.30. The maximum Gasteiger partial charge on any atom is 0.165 e. The molecule has 0 saturated carbocycles. The molecule has 0 unspecified atom stereocenters. The molecule has 0 radical (unpaired) electrons. The molecule has 0 bridgehead atoms. The molecule has 26 heavy (non-hydrogen) atoms. The maximum atomic E-state index is 5.78. The molecule has 2 aromatic heterocycles. The number of hydrogen-bond acceptors (Lipinski definition) is 5. The predicted octanol–water partition coefficient (Wildman–Crippen LogP) is 3.60. The number of ether oxygens (including phenoxy) is 1. The molecule has 130 valence electrons. The number of fused-ring (bicyclic) bond motifs is 1. The van der Waals surface area contributed by atoms with E-state index in [1.54, 1.807) is 13.3 Å². The predicted molar refractivity (Wildman–Crippen MR) is 103 cm³/mol. The van der Waals surface area contributed by atoms with Gasteiger partial charge in [-0.1, -0.05) is 24.3 Å². The van der Waals surface area contributed by atoms with E-state index >= 15 is 0 Å². The highest BCUT2D eigenvalue weighted by Gasteiger charge is 2.10. The molecule has 2 aromatic carbocycles. The second-order valence-electron chi connectivity index (χ2n) is 5.95. The van der Waals surface area contributed by atoms with Crippen molar-refractivity contribution in [1.82, 2.24) is 14.6 Å². The van der Waals surface area contributed by atoms with Crippen LogP contribution in [0.4, 0.5) is 11.5 Å². The van der Waals surface area contributed by atoms with Gasteiger partial charge in [-0.15, -0.1) is 0 Å². The zero-order chi connectivity index (χ0) is 17.9. The van der Waals surface area contributed by atoms with Crippen molar-refractivity contribution >= 4 is 17.2 Å². The Labute approximate surface area is 151 Å². The largest absolute Gasteiger partial charge is 0.497 e. The molecule has 0 saturated heterocycles. The van der Waals surface area contributed by atoms with E-state index in [4.69, 9.17) is 10.5 Å². The minimum atomic E-state index is 0.681. The Bertz CT molecular complexity index is 1020. The highest BCUT2D eigenvalue weighted by molar-refractivity contribution is 5.78.